The molecule has 168 valence electrons. The molecule has 1 aromatic carbocycles. The molecule has 7 heteroatoms. The second-order valence-corrected chi connectivity index (χ2v) is 10.1. The summed E-state index contributed by atoms with van der Waals surface area (Å²) in [5.41, 5.74) is 11.3. The molecule has 0 amide bonds. The fourth-order valence-electron chi connectivity index (χ4n) is 5.84. The van der Waals surface area contributed by atoms with E-state index < -0.39 is 0 Å². The molecule has 2 saturated heterocycles. The zero-order valence-corrected chi connectivity index (χ0v) is 19.2. The van der Waals surface area contributed by atoms with E-state index in [4.69, 9.17) is 10.7 Å². The molecule has 2 N–H and O–H groups in total. The number of piperazine rings is 1. The fraction of sp³-hybridized carbons (Fsp3) is 0.423. The molecular formula is C26H29N7. The Balaban J connectivity index is 1.32. The highest BCUT2D eigenvalue weighted by Crippen LogP contribution is 2.41. The summed E-state index contributed by atoms with van der Waals surface area (Å²) in [6.45, 7) is 8.98. The Morgan fingerprint density at radius 3 is 2.82 bits per heavy atom. The zero-order valence-electron chi connectivity index (χ0n) is 19.2. The zero-order chi connectivity index (χ0) is 22.7. The van der Waals surface area contributed by atoms with E-state index in [9.17, 15) is 5.26 Å². The lowest BCUT2D eigenvalue weighted by Crippen LogP contribution is -2.51. The Labute approximate surface area is 194 Å². The Morgan fingerprint density at radius 1 is 1.15 bits per heavy atom. The first-order valence-electron chi connectivity index (χ1n) is 11.8. The van der Waals surface area contributed by atoms with Gasteiger partial charge in [0.15, 0.2) is 0 Å². The SMILES string of the molecule is C[C@@H]1CN(c2ccc(C#N)c3ncccc23)C[C@@H]2c3ccc(N4CC[C@](C)(N)C4)nc3CN12. The van der Waals surface area contributed by atoms with Gasteiger partial charge in [-0.25, -0.2) is 4.98 Å². The molecule has 0 spiro atoms. The summed E-state index contributed by atoms with van der Waals surface area (Å²) in [7, 11) is 0. The van der Waals surface area contributed by atoms with Crippen LogP contribution < -0.4 is 15.5 Å². The molecule has 3 atom stereocenters. The van der Waals surface area contributed by atoms with Gasteiger partial charge in [-0.3, -0.25) is 9.88 Å². The number of nitrogens with zero attached hydrogens (tertiary/aromatic N) is 6. The number of rotatable bonds is 2. The van der Waals surface area contributed by atoms with Crippen molar-refractivity contribution in [3.63, 3.8) is 0 Å². The first-order valence-corrected chi connectivity index (χ1v) is 11.8. The molecule has 0 unspecified atom stereocenters. The number of nitrogens with two attached hydrogens (primary N) is 1. The van der Waals surface area contributed by atoms with Gasteiger partial charge in [0.2, 0.25) is 0 Å². The highest BCUT2D eigenvalue weighted by Gasteiger charge is 2.40. The van der Waals surface area contributed by atoms with Crippen LogP contribution in [0.2, 0.25) is 0 Å². The summed E-state index contributed by atoms with van der Waals surface area (Å²) in [5.74, 6) is 1.05. The number of hydrogen-bond acceptors (Lipinski definition) is 7. The monoisotopic (exact) mass is 439 g/mol. The summed E-state index contributed by atoms with van der Waals surface area (Å²) in [6, 6.07) is 15.5. The molecule has 2 fully saturated rings. The summed E-state index contributed by atoms with van der Waals surface area (Å²) >= 11 is 0. The van der Waals surface area contributed by atoms with Gasteiger partial charge in [0.1, 0.15) is 11.9 Å². The lowest BCUT2D eigenvalue weighted by atomic mass is 10.0. The third-order valence-electron chi connectivity index (χ3n) is 7.57. The van der Waals surface area contributed by atoms with Crippen LogP contribution >= 0.6 is 0 Å². The molecule has 3 aliphatic heterocycles. The lowest BCUT2D eigenvalue weighted by Gasteiger charge is -2.43. The van der Waals surface area contributed by atoms with E-state index in [2.05, 4.69) is 63.9 Å². The maximum atomic E-state index is 9.51. The van der Waals surface area contributed by atoms with Crippen LogP contribution in [0.1, 0.15) is 43.1 Å². The Kier molecular flexibility index (Phi) is 4.58. The second kappa shape index (κ2) is 7.41. The minimum absolute atomic E-state index is 0.133. The Bertz CT molecular complexity index is 1280. The van der Waals surface area contributed by atoms with E-state index in [0.29, 0.717) is 17.6 Å². The van der Waals surface area contributed by atoms with Crippen molar-refractivity contribution in [3.05, 3.63) is 59.4 Å². The molecule has 5 heterocycles. The molecule has 7 nitrogen and oxygen atoms in total. The summed E-state index contributed by atoms with van der Waals surface area (Å²) < 4.78 is 0. The normalized spacial score (nSPS) is 27.0. The number of nitriles is 1. The second-order valence-electron chi connectivity index (χ2n) is 10.1. The number of benzene rings is 1. The van der Waals surface area contributed by atoms with Gasteiger partial charge >= 0.3 is 0 Å². The smallest absolute Gasteiger partial charge is 0.128 e. The van der Waals surface area contributed by atoms with Crippen LogP contribution in [-0.2, 0) is 6.54 Å². The van der Waals surface area contributed by atoms with Gasteiger partial charge in [-0.2, -0.15) is 5.26 Å². The maximum Gasteiger partial charge on any atom is 0.128 e. The lowest BCUT2D eigenvalue weighted by molar-refractivity contribution is 0.133. The van der Waals surface area contributed by atoms with Gasteiger partial charge in [0.05, 0.1) is 22.8 Å². The highest BCUT2D eigenvalue weighted by molar-refractivity contribution is 5.95. The van der Waals surface area contributed by atoms with Crippen LogP contribution in [0.3, 0.4) is 0 Å². The molecule has 3 aliphatic rings. The topological polar surface area (TPSA) is 85.3 Å². The molecule has 0 bridgehead atoms. The van der Waals surface area contributed by atoms with Crippen molar-refractivity contribution in [2.24, 2.45) is 5.73 Å². The third kappa shape index (κ3) is 3.33. The van der Waals surface area contributed by atoms with Crippen LogP contribution in [0.4, 0.5) is 11.5 Å². The number of hydrogen-bond donors (Lipinski definition) is 1. The van der Waals surface area contributed by atoms with E-state index in [-0.39, 0.29) is 5.54 Å². The number of pyridine rings is 2. The van der Waals surface area contributed by atoms with Crippen LogP contribution in [0.25, 0.3) is 10.9 Å². The first kappa shape index (κ1) is 20.4. The van der Waals surface area contributed by atoms with E-state index in [1.54, 1.807) is 6.20 Å². The summed E-state index contributed by atoms with van der Waals surface area (Å²) in [6.07, 6.45) is 2.76. The first-order chi connectivity index (χ1) is 15.9. The average molecular weight is 440 g/mol. The predicted octanol–water partition coefficient (Wildman–Crippen LogP) is 3.19. The quantitative estimate of drug-likeness (QED) is 0.656. The Hall–Kier alpha value is -3.21. The largest absolute Gasteiger partial charge is 0.368 e. The minimum atomic E-state index is -0.133. The van der Waals surface area contributed by atoms with Crippen LogP contribution in [0.5, 0.6) is 0 Å². The fourth-order valence-corrected chi connectivity index (χ4v) is 5.84. The van der Waals surface area contributed by atoms with Gasteiger partial charge in [-0.1, -0.05) is 6.07 Å². The number of anilines is 2. The van der Waals surface area contributed by atoms with Gasteiger partial charge in [-0.05, 0) is 56.2 Å². The standard InChI is InChI=1S/C26H29N7/c1-17-13-32(22-7-5-18(12-27)25-20(22)4-3-10-29-25)15-23-19-6-8-24(30-21(19)14-33(17)23)31-11-9-26(2,28)16-31/h3-8,10,17,23H,9,11,13-16,28H2,1-2H3/t17-,23-,26+/m1/s1. The van der Waals surface area contributed by atoms with Gasteiger partial charge in [-0.15, -0.1) is 0 Å². The van der Waals surface area contributed by atoms with E-state index >= 15 is 0 Å². The summed E-state index contributed by atoms with van der Waals surface area (Å²) in [5, 5.41) is 10.6. The van der Waals surface area contributed by atoms with Crippen LogP contribution in [-0.4, -0.2) is 52.6 Å². The van der Waals surface area contributed by atoms with E-state index in [1.165, 1.54) is 11.3 Å². The maximum absolute atomic E-state index is 9.51. The van der Waals surface area contributed by atoms with Crippen molar-refractivity contribution in [2.45, 2.75) is 44.4 Å². The van der Waals surface area contributed by atoms with Crippen molar-refractivity contribution < 1.29 is 0 Å². The third-order valence-corrected chi connectivity index (χ3v) is 7.57. The molecular weight excluding hydrogens is 410 g/mol. The highest BCUT2D eigenvalue weighted by atomic mass is 15.3. The molecule has 0 radical (unpaired) electrons. The van der Waals surface area contributed by atoms with Crippen molar-refractivity contribution in [1.29, 1.82) is 5.26 Å². The number of fused-ring (bicyclic) bond motifs is 4. The van der Waals surface area contributed by atoms with Crippen molar-refractivity contribution in [2.75, 3.05) is 36.0 Å². The average Bonchev–Trinajstić information content (AvgIpc) is 3.37. The predicted molar refractivity (Wildman–Crippen MR) is 130 cm³/mol. The van der Waals surface area contributed by atoms with Gasteiger partial charge < -0.3 is 15.5 Å². The van der Waals surface area contributed by atoms with Gasteiger partial charge in [0.25, 0.3) is 0 Å². The molecule has 33 heavy (non-hydrogen) atoms. The molecule has 2 aromatic heterocycles. The minimum Gasteiger partial charge on any atom is -0.368 e. The molecule has 0 aliphatic carbocycles. The van der Waals surface area contributed by atoms with Crippen LogP contribution in [0, 0.1) is 11.3 Å². The molecule has 0 saturated carbocycles. The summed E-state index contributed by atoms with van der Waals surface area (Å²) in [4.78, 5) is 17.0. The molecule has 3 aromatic rings. The van der Waals surface area contributed by atoms with Gasteiger partial charge in [0, 0.05) is 61.6 Å². The van der Waals surface area contributed by atoms with Crippen molar-refractivity contribution in [3.8, 4) is 6.07 Å². The van der Waals surface area contributed by atoms with E-state index in [1.807, 2.05) is 12.1 Å². The number of aromatic nitrogens is 2. The Morgan fingerprint density at radius 2 is 2.03 bits per heavy atom. The van der Waals surface area contributed by atoms with Crippen LogP contribution in [0.15, 0.2) is 42.6 Å². The van der Waals surface area contributed by atoms with Crippen molar-refractivity contribution >= 4 is 22.4 Å². The van der Waals surface area contributed by atoms with E-state index in [0.717, 1.165) is 61.6 Å². The molecule has 6 rings (SSSR count). The van der Waals surface area contributed by atoms with Crippen molar-refractivity contribution in [1.82, 2.24) is 14.9 Å².